The van der Waals surface area contributed by atoms with Crippen molar-refractivity contribution in [2.24, 2.45) is 0 Å². The summed E-state index contributed by atoms with van der Waals surface area (Å²) in [6.45, 7) is 4.21. The minimum absolute atomic E-state index is 0.645. The molecule has 2 heteroatoms. The topological polar surface area (TPSA) is 18.5 Å². The minimum atomic E-state index is 0.645. The fourth-order valence-corrected chi connectivity index (χ4v) is 0.661. The van der Waals surface area contributed by atoms with E-state index >= 15 is 0 Å². The number of hydrogen-bond acceptors (Lipinski definition) is 2. The van der Waals surface area contributed by atoms with Crippen molar-refractivity contribution >= 4 is 0 Å². The van der Waals surface area contributed by atoms with E-state index in [1.807, 2.05) is 18.2 Å². The molecule has 0 N–H and O–H groups in total. The van der Waals surface area contributed by atoms with Gasteiger partial charge in [0.05, 0.1) is 13.7 Å². The molecule has 0 saturated carbocycles. The molecule has 0 saturated heterocycles. The highest BCUT2D eigenvalue weighted by molar-refractivity contribution is 5.08. The van der Waals surface area contributed by atoms with Crippen LogP contribution in [0.1, 0.15) is 12.8 Å². The quantitative estimate of drug-likeness (QED) is 0.252. The van der Waals surface area contributed by atoms with Crippen LogP contribution in [-0.2, 0) is 9.78 Å². The van der Waals surface area contributed by atoms with Gasteiger partial charge < -0.3 is 0 Å². The number of hydrogen-bond donors (Lipinski definition) is 0. The van der Waals surface area contributed by atoms with Crippen LogP contribution in [0.5, 0.6) is 0 Å². The molecule has 0 atom stereocenters. The predicted octanol–water partition coefficient (Wildman–Crippen LogP) is 2.64. The van der Waals surface area contributed by atoms with Gasteiger partial charge in [0, 0.05) is 0 Å². The van der Waals surface area contributed by atoms with Crippen LogP contribution < -0.4 is 0 Å². The van der Waals surface area contributed by atoms with Crippen LogP contribution in [0.4, 0.5) is 0 Å². The van der Waals surface area contributed by atoms with E-state index in [4.69, 9.17) is 4.89 Å². The van der Waals surface area contributed by atoms with Crippen LogP contribution in [0, 0.1) is 0 Å². The van der Waals surface area contributed by atoms with Crippen molar-refractivity contribution in [3.05, 3.63) is 37.0 Å². The van der Waals surface area contributed by atoms with Gasteiger partial charge in [-0.1, -0.05) is 37.0 Å². The molecule has 0 radical (unpaired) electrons. The fourth-order valence-electron chi connectivity index (χ4n) is 0.661. The zero-order chi connectivity index (χ0) is 9.07. The highest BCUT2D eigenvalue weighted by Gasteiger charge is 1.82. The predicted molar refractivity (Wildman–Crippen MR) is 50.7 cm³/mol. The van der Waals surface area contributed by atoms with Gasteiger partial charge in [0.15, 0.2) is 0 Å². The molecule has 0 bridgehead atoms. The standard InChI is InChI=1S/C10H16O2/c1-3-4-5-6-7-8-9-10-12-11-2/h3-7H,1,8-10H2,2H3/b5-4-,7-6-. The Morgan fingerprint density at radius 2 is 2.08 bits per heavy atom. The SMILES string of the molecule is C=C/C=C\C=C/CCCOOC. The number of unbranched alkanes of at least 4 members (excludes halogenated alkanes) is 1. The van der Waals surface area contributed by atoms with E-state index in [0.29, 0.717) is 6.61 Å². The molecule has 0 aromatic rings. The van der Waals surface area contributed by atoms with E-state index in [1.54, 1.807) is 6.08 Å². The lowest BCUT2D eigenvalue weighted by Gasteiger charge is -1.95. The Balaban J connectivity index is 3.13. The van der Waals surface area contributed by atoms with Gasteiger partial charge in [-0.3, -0.25) is 0 Å². The molecule has 68 valence electrons. The zero-order valence-corrected chi connectivity index (χ0v) is 7.53. The summed E-state index contributed by atoms with van der Waals surface area (Å²) in [4.78, 5) is 9.13. The molecule has 0 rings (SSSR count). The van der Waals surface area contributed by atoms with Gasteiger partial charge in [-0.15, -0.1) is 0 Å². The Bertz CT molecular complexity index is 148. The van der Waals surface area contributed by atoms with Gasteiger partial charge in [-0.25, -0.2) is 9.78 Å². The molecule has 0 fully saturated rings. The fraction of sp³-hybridized carbons (Fsp3) is 0.400. The van der Waals surface area contributed by atoms with Crippen LogP contribution in [0.2, 0.25) is 0 Å². The van der Waals surface area contributed by atoms with Crippen molar-refractivity contribution in [1.82, 2.24) is 0 Å². The monoisotopic (exact) mass is 168 g/mol. The van der Waals surface area contributed by atoms with Crippen molar-refractivity contribution < 1.29 is 9.78 Å². The van der Waals surface area contributed by atoms with E-state index in [0.717, 1.165) is 12.8 Å². The Morgan fingerprint density at radius 3 is 2.75 bits per heavy atom. The minimum Gasteiger partial charge on any atom is -0.240 e. The van der Waals surface area contributed by atoms with Crippen molar-refractivity contribution in [3.63, 3.8) is 0 Å². The molecule has 2 nitrogen and oxygen atoms in total. The summed E-state index contributed by atoms with van der Waals surface area (Å²) in [5.74, 6) is 0. The molecule has 0 spiro atoms. The second-order valence-corrected chi connectivity index (χ2v) is 2.18. The van der Waals surface area contributed by atoms with Crippen LogP contribution in [0.25, 0.3) is 0 Å². The molecule has 0 aromatic heterocycles. The third-order valence-electron chi connectivity index (χ3n) is 1.21. The highest BCUT2D eigenvalue weighted by Crippen LogP contribution is 1.92. The third-order valence-corrected chi connectivity index (χ3v) is 1.21. The van der Waals surface area contributed by atoms with Gasteiger partial charge in [0.2, 0.25) is 0 Å². The summed E-state index contributed by atoms with van der Waals surface area (Å²) in [5.41, 5.74) is 0. The van der Waals surface area contributed by atoms with Crippen molar-refractivity contribution in [3.8, 4) is 0 Å². The first kappa shape index (κ1) is 11.1. The lowest BCUT2D eigenvalue weighted by Crippen LogP contribution is -1.90. The second-order valence-electron chi connectivity index (χ2n) is 2.18. The molecular weight excluding hydrogens is 152 g/mol. The van der Waals surface area contributed by atoms with E-state index < -0.39 is 0 Å². The smallest absolute Gasteiger partial charge is 0.0825 e. The normalized spacial score (nSPS) is 11.4. The largest absolute Gasteiger partial charge is 0.240 e. The lowest BCUT2D eigenvalue weighted by molar-refractivity contribution is -0.272. The van der Waals surface area contributed by atoms with Crippen LogP contribution in [0.15, 0.2) is 37.0 Å². The van der Waals surface area contributed by atoms with Crippen LogP contribution in [-0.4, -0.2) is 13.7 Å². The molecule has 0 aliphatic rings. The van der Waals surface area contributed by atoms with Crippen LogP contribution in [0.3, 0.4) is 0 Å². The number of rotatable bonds is 7. The molecule has 0 amide bonds. The Morgan fingerprint density at radius 1 is 1.25 bits per heavy atom. The molecule has 0 aromatic carbocycles. The summed E-state index contributed by atoms with van der Waals surface area (Å²) in [5, 5.41) is 0. The first-order chi connectivity index (χ1) is 5.91. The maximum Gasteiger partial charge on any atom is 0.0825 e. The zero-order valence-electron chi connectivity index (χ0n) is 7.53. The van der Waals surface area contributed by atoms with E-state index in [-0.39, 0.29) is 0 Å². The highest BCUT2D eigenvalue weighted by atomic mass is 17.2. The molecular formula is C10H16O2. The summed E-state index contributed by atoms with van der Waals surface area (Å²) in [6, 6.07) is 0. The summed E-state index contributed by atoms with van der Waals surface area (Å²) >= 11 is 0. The average Bonchev–Trinajstić information content (AvgIpc) is 2.10. The van der Waals surface area contributed by atoms with Crippen molar-refractivity contribution in [1.29, 1.82) is 0 Å². The Hall–Kier alpha value is -0.860. The average molecular weight is 168 g/mol. The summed E-state index contributed by atoms with van der Waals surface area (Å²) < 4.78 is 0. The van der Waals surface area contributed by atoms with Gasteiger partial charge in [-0.05, 0) is 12.8 Å². The molecule has 12 heavy (non-hydrogen) atoms. The summed E-state index contributed by atoms with van der Waals surface area (Å²) in [6.07, 6.45) is 11.6. The first-order valence-corrected chi connectivity index (χ1v) is 4.01. The number of allylic oxidation sites excluding steroid dienone is 5. The van der Waals surface area contributed by atoms with E-state index in [9.17, 15) is 0 Å². The molecule has 0 heterocycles. The maximum atomic E-state index is 4.69. The molecule has 0 aliphatic heterocycles. The van der Waals surface area contributed by atoms with Gasteiger partial charge >= 0.3 is 0 Å². The van der Waals surface area contributed by atoms with Crippen LogP contribution >= 0.6 is 0 Å². The van der Waals surface area contributed by atoms with Gasteiger partial charge in [-0.2, -0.15) is 0 Å². The molecule has 0 aliphatic carbocycles. The third kappa shape index (κ3) is 9.14. The second kappa shape index (κ2) is 10.1. The summed E-state index contributed by atoms with van der Waals surface area (Å²) in [7, 11) is 1.52. The van der Waals surface area contributed by atoms with Crippen molar-refractivity contribution in [2.75, 3.05) is 13.7 Å². The van der Waals surface area contributed by atoms with Gasteiger partial charge in [0.1, 0.15) is 0 Å². The van der Waals surface area contributed by atoms with Crippen molar-refractivity contribution in [2.45, 2.75) is 12.8 Å². The molecule has 0 unspecified atom stereocenters. The lowest BCUT2D eigenvalue weighted by atomic mass is 10.3. The Labute approximate surface area is 74.1 Å². The Kier molecular flexibility index (Phi) is 9.41. The first-order valence-electron chi connectivity index (χ1n) is 4.01. The van der Waals surface area contributed by atoms with E-state index in [2.05, 4.69) is 17.5 Å². The van der Waals surface area contributed by atoms with E-state index in [1.165, 1.54) is 7.11 Å². The van der Waals surface area contributed by atoms with Gasteiger partial charge in [0.25, 0.3) is 0 Å². The maximum absolute atomic E-state index is 4.69.